The first-order valence-corrected chi connectivity index (χ1v) is 8.05. The van der Waals surface area contributed by atoms with Crippen LogP contribution in [0.1, 0.15) is 11.4 Å². The van der Waals surface area contributed by atoms with Gasteiger partial charge in [0.05, 0.1) is 5.88 Å². The first-order chi connectivity index (χ1) is 10.3. The van der Waals surface area contributed by atoms with Crippen LogP contribution in [0.15, 0.2) is 41.9 Å². The molecule has 3 aromatic heterocycles. The van der Waals surface area contributed by atoms with E-state index in [1.54, 1.807) is 11.3 Å². The number of aryl methyl sites for hydroxylation is 1. The van der Waals surface area contributed by atoms with Crippen molar-refractivity contribution in [3.8, 4) is 5.69 Å². The number of rotatable bonds is 2. The average molecular weight is 314 g/mol. The van der Waals surface area contributed by atoms with Crippen LogP contribution in [0.2, 0.25) is 0 Å². The molecule has 0 atom stereocenters. The Labute approximate surface area is 130 Å². The number of thiophene rings is 1. The number of nitrogens with zero attached hydrogens (tertiary/aromatic N) is 3. The maximum Gasteiger partial charge on any atom is 0.164 e. The standard InChI is InChI=1S/C16H12ClN3S/c1-10-6-13-16(18-9-10)20(15(8-17)19-13)12-2-3-14-11(7-12)4-5-21-14/h2-7,9H,8H2,1H3. The number of aromatic nitrogens is 3. The summed E-state index contributed by atoms with van der Waals surface area (Å²) >= 11 is 7.82. The summed E-state index contributed by atoms with van der Waals surface area (Å²) in [6, 6.07) is 10.5. The molecule has 0 fully saturated rings. The predicted octanol–water partition coefficient (Wildman–Crippen LogP) is 4.68. The SMILES string of the molecule is Cc1cnc2c(c1)nc(CCl)n2-c1ccc2sccc2c1. The summed E-state index contributed by atoms with van der Waals surface area (Å²) in [7, 11) is 0. The van der Waals surface area contributed by atoms with Crippen LogP contribution in [0.4, 0.5) is 0 Å². The Bertz CT molecular complexity index is 955. The molecule has 4 aromatic rings. The molecular formula is C16H12ClN3S. The zero-order valence-electron chi connectivity index (χ0n) is 11.4. The van der Waals surface area contributed by atoms with Gasteiger partial charge in [0.15, 0.2) is 5.65 Å². The molecule has 21 heavy (non-hydrogen) atoms. The minimum atomic E-state index is 0.358. The van der Waals surface area contributed by atoms with E-state index < -0.39 is 0 Å². The first kappa shape index (κ1) is 12.8. The molecule has 0 saturated carbocycles. The Morgan fingerprint density at radius 1 is 1.24 bits per heavy atom. The number of halogens is 1. The van der Waals surface area contributed by atoms with Gasteiger partial charge in [0, 0.05) is 16.6 Å². The van der Waals surface area contributed by atoms with Gasteiger partial charge < -0.3 is 0 Å². The van der Waals surface area contributed by atoms with E-state index >= 15 is 0 Å². The first-order valence-electron chi connectivity index (χ1n) is 6.64. The van der Waals surface area contributed by atoms with Gasteiger partial charge in [0.2, 0.25) is 0 Å². The van der Waals surface area contributed by atoms with Crippen molar-refractivity contribution in [1.82, 2.24) is 14.5 Å². The lowest BCUT2D eigenvalue weighted by atomic mass is 10.2. The van der Waals surface area contributed by atoms with E-state index in [0.717, 1.165) is 28.2 Å². The maximum atomic E-state index is 6.08. The monoisotopic (exact) mass is 313 g/mol. The van der Waals surface area contributed by atoms with Crippen molar-refractivity contribution in [1.29, 1.82) is 0 Å². The molecular weight excluding hydrogens is 302 g/mol. The zero-order chi connectivity index (χ0) is 14.4. The van der Waals surface area contributed by atoms with Gasteiger partial charge in [-0.25, -0.2) is 9.97 Å². The molecule has 0 saturated heterocycles. The van der Waals surface area contributed by atoms with Crippen molar-refractivity contribution in [2.45, 2.75) is 12.8 Å². The van der Waals surface area contributed by atoms with Crippen molar-refractivity contribution in [2.24, 2.45) is 0 Å². The van der Waals surface area contributed by atoms with Crippen molar-refractivity contribution in [2.75, 3.05) is 0 Å². The summed E-state index contributed by atoms with van der Waals surface area (Å²) < 4.78 is 3.32. The third-order valence-electron chi connectivity index (χ3n) is 3.52. The second kappa shape index (κ2) is 4.83. The molecule has 0 radical (unpaired) electrons. The van der Waals surface area contributed by atoms with E-state index in [-0.39, 0.29) is 0 Å². The summed E-state index contributed by atoms with van der Waals surface area (Å²) in [5, 5.41) is 3.33. The third kappa shape index (κ3) is 2.03. The van der Waals surface area contributed by atoms with Gasteiger partial charge in [-0.05, 0) is 53.6 Å². The van der Waals surface area contributed by atoms with Gasteiger partial charge in [-0.3, -0.25) is 4.57 Å². The molecule has 5 heteroatoms. The van der Waals surface area contributed by atoms with Gasteiger partial charge in [0.25, 0.3) is 0 Å². The van der Waals surface area contributed by atoms with E-state index in [9.17, 15) is 0 Å². The third-order valence-corrected chi connectivity index (χ3v) is 4.65. The van der Waals surface area contributed by atoms with Crippen molar-refractivity contribution >= 4 is 44.2 Å². The van der Waals surface area contributed by atoms with Crippen LogP contribution >= 0.6 is 22.9 Å². The molecule has 0 aliphatic rings. The lowest BCUT2D eigenvalue weighted by Crippen LogP contribution is -2.00. The molecule has 0 N–H and O–H groups in total. The Hall–Kier alpha value is -1.91. The summed E-state index contributed by atoms with van der Waals surface area (Å²) in [5.74, 6) is 1.18. The number of alkyl halides is 1. The fraction of sp³-hybridized carbons (Fsp3) is 0.125. The Kier molecular flexibility index (Phi) is 2.94. The van der Waals surface area contributed by atoms with Crippen LogP contribution in [0.25, 0.3) is 26.9 Å². The van der Waals surface area contributed by atoms with Crippen molar-refractivity contribution in [3.63, 3.8) is 0 Å². The van der Waals surface area contributed by atoms with E-state index in [1.165, 1.54) is 10.1 Å². The highest BCUT2D eigenvalue weighted by Gasteiger charge is 2.13. The summed E-state index contributed by atoms with van der Waals surface area (Å²) in [5.41, 5.74) is 3.89. The van der Waals surface area contributed by atoms with Crippen LogP contribution in [-0.2, 0) is 5.88 Å². The molecule has 0 unspecified atom stereocenters. The lowest BCUT2D eigenvalue weighted by molar-refractivity contribution is 0.971. The Balaban J connectivity index is 2.03. The molecule has 3 heterocycles. The van der Waals surface area contributed by atoms with E-state index in [0.29, 0.717) is 5.88 Å². The molecule has 0 aliphatic heterocycles. The normalized spacial score (nSPS) is 11.5. The minimum Gasteiger partial charge on any atom is -0.280 e. The molecule has 104 valence electrons. The highest BCUT2D eigenvalue weighted by Crippen LogP contribution is 2.27. The summed E-state index contributed by atoms with van der Waals surface area (Å²) in [4.78, 5) is 9.15. The van der Waals surface area contributed by atoms with Gasteiger partial charge >= 0.3 is 0 Å². The fourth-order valence-electron chi connectivity index (χ4n) is 2.57. The smallest absolute Gasteiger partial charge is 0.164 e. The molecule has 0 spiro atoms. The molecule has 0 amide bonds. The summed E-state index contributed by atoms with van der Waals surface area (Å²) in [6.07, 6.45) is 1.86. The highest BCUT2D eigenvalue weighted by molar-refractivity contribution is 7.17. The summed E-state index contributed by atoms with van der Waals surface area (Å²) in [6.45, 7) is 2.02. The molecule has 0 bridgehead atoms. The van der Waals surface area contributed by atoms with E-state index in [1.807, 2.05) is 23.8 Å². The van der Waals surface area contributed by atoms with Crippen molar-refractivity contribution < 1.29 is 0 Å². The largest absolute Gasteiger partial charge is 0.280 e. The van der Waals surface area contributed by atoms with E-state index in [2.05, 4.69) is 39.6 Å². The number of hydrogen-bond donors (Lipinski definition) is 0. The number of hydrogen-bond acceptors (Lipinski definition) is 3. The maximum absolute atomic E-state index is 6.08. The van der Waals surface area contributed by atoms with Crippen LogP contribution in [0, 0.1) is 6.92 Å². The van der Waals surface area contributed by atoms with Crippen LogP contribution < -0.4 is 0 Å². The van der Waals surface area contributed by atoms with Crippen molar-refractivity contribution in [3.05, 3.63) is 53.3 Å². The Morgan fingerprint density at radius 2 is 2.14 bits per heavy atom. The number of benzene rings is 1. The van der Waals surface area contributed by atoms with Crippen LogP contribution in [0.5, 0.6) is 0 Å². The molecule has 3 nitrogen and oxygen atoms in total. The zero-order valence-corrected chi connectivity index (χ0v) is 12.9. The predicted molar refractivity (Wildman–Crippen MR) is 88.5 cm³/mol. The Morgan fingerprint density at radius 3 is 3.00 bits per heavy atom. The van der Waals surface area contributed by atoms with Gasteiger partial charge in [0.1, 0.15) is 11.3 Å². The number of imidazole rings is 1. The second-order valence-corrected chi connectivity index (χ2v) is 6.21. The topological polar surface area (TPSA) is 30.7 Å². The quantitative estimate of drug-likeness (QED) is 0.503. The second-order valence-electron chi connectivity index (χ2n) is 5.00. The number of pyridine rings is 1. The van der Waals surface area contributed by atoms with Gasteiger partial charge in [-0.1, -0.05) is 0 Å². The molecule has 4 rings (SSSR count). The fourth-order valence-corrected chi connectivity index (χ4v) is 3.52. The van der Waals surface area contributed by atoms with Crippen LogP contribution in [0.3, 0.4) is 0 Å². The molecule has 0 aliphatic carbocycles. The highest BCUT2D eigenvalue weighted by atomic mass is 35.5. The van der Waals surface area contributed by atoms with Crippen LogP contribution in [-0.4, -0.2) is 14.5 Å². The number of fused-ring (bicyclic) bond motifs is 2. The molecule has 1 aromatic carbocycles. The van der Waals surface area contributed by atoms with E-state index in [4.69, 9.17) is 11.6 Å². The van der Waals surface area contributed by atoms with Gasteiger partial charge in [-0.2, -0.15) is 0 Å². The minimum absolute atomic E-state index is 0.358. The lowest BCUT2D eigenvalue weighted by Gasteiger charge is -2.07. The average Bonchev–Trinajstić information content (AvgIpc) is 3.09. The van der Waals surface area contributed by atoms with Gasteiger partial charge in [-0.15, -0.1) is 22.9 Å².